The second-order valence-corrected chi connectivity index (χ2v) is 5.73. The maximum absolute atomic E-state index is 11.4. The highest BCUT2D eigenvalue weighted by Crippen LogP contribution is 2.20. The highest BCUT2D eigenvalue weighted by atomic mass is 35.5. The van der Waals surface area contributed by atoms with E-state index in [0.717, 1.165) is 43.7 Å². The first kappa shape index (κ1) is 20.3. The molecule has 0 spiro atoms. The van der Waals surface area contributed by atoms with Gasteiger partial charge in [0.15, 0.2) is 0 Å². The Balaban J connectivity index is 0.00000288. The van der Waals surface area contributed by atoms with E-state index < -0.39 is 0 Å². The highest BCUT2D eigenvalue weighted by molar-refractivity contribution is 5.85. The molecular formula is C18H27ClN2O3. The van der Waals surface area contributed by atoms with Crippen LogP contribution in [0.25, 0.3) is 0 Å². The molecule has 1 aromatic carbocycles. The minimum Gasteiger partial charge on any atom is -0.490 e. The zero-order valence-corrected chi connectivity index (χ0v) is 15.2. The number of hydrogen-bond acceptors (Lipinski definition) is 4. The number of nitrogens with one attached hydrogen (secondary N) is 1. The molecule has 1 heterocycles. The van der Waals surface area contributed by atoms with Crippen LogP contribution in [-0.2, 0) is 16.0 Å². The Morgan fingerprint density at radius 1 is 1.21 bits per heavy atom. The van der Waals surface area contributed by atoms with Gasteiger partial charge in [0.2, 0.25) is 0 Å². The van der Waals surface area contributed by atoms with E-state index >= 15 is 0 Å². The minimum absolute atomic E-state index is 0. The average molecular weight is 355 g/mol. The molecule has 5 nitrogen and oxygen atoms in total. The van der Waals surface area contributed by atoms with Gasteiger partial charge in [0, 0.05) is 32.4 Å². The average Bonchev–Trinajstić information content (AvgIpc) is 2.57. The SMILES string of the molecule is CCOC(=O)Cc1ccc(OC2CCN(C(=N)CC)CC2)cc1.Cl. The Kier molecular flexibility index (Phi) is 8.61. The molecule has 0 saturated carbocycles. The third kappa shape index (κ3) is 6.04. The van der Waals surface area contributed by atoms with Crippen molar-refractivity contribution >= 4 is 24.2 Å². The van der Waals surface area contributed by atoms with Crippen LogP contribution in [-0.4, -0.2) is 42.5 Å². The summed E-state index contributed by atoms with van der Waals surface area (Å²) in [5.41, 5.74) is 0.932. The fraction of sp³-hybridized carbons (Fsp3) is 0.556. The highest BCUT2D eigenvalue weighted by Gasteiger charge is 2.21. The van der Waals surface area contributed by atoms with E-state index in [1.54, 1.807) is 0 Å². The van der Waals surface area contributed by atoms with Crippen molar-refractivity contribution in [3.05, 3.63) is 29.8 Å². The third-order valence-corrected chi connectivity index (χ3v) is 4.04. The number of carbonyl (C=O) groups is 1. The number of likely N-dealkylation sites (tertiary alicyclic amines) is 1. The van der Waals surface area contributed by atoms with Gasteiger partial charge in [-0.2, -0.15) is 0 Å². The van der Waals surface area contributed by atoms with Crippen LogP contribution < -0.4 is 4.74 Å². The van der Waals surface area contributed by atoms with Crippen molar-refractivity contribution in [2.75, 3.05) is 19.7 Å². The summed E-state index contributed by atoms with van der Waals surface area (Å²) >= 11 is 0. The number of nitrogens with zero attached hydrogens (tertiary/aromatic N) is 1. The van der Waals surface area contributed by atoms with Gasteiger partial charge in [-0.3, -0.25) is 10.2 Å². The summed E-state index contributed by atoms with van der Waals surface area (Å²) in [5.74, 6) is 1.35. The van der Waals surface area contributed by atoms with Crippen LogP contribution in [0.1, 0.15) is 38.7 Å². The summed E-state index contributed by atoms with van der Waals surface area (Å²) in [7, 11) is 0. The number of ether oxygens (including phenoxy) is 2. The van der Waals surface area contributed by atoms with Crippen LogP contribution in [0.3, 0.4) is 0 Å². The van der Waals surface area contributed by atoms with Crippen molar-refractivity contribution in [3.8, 4) is 5.75 Å². The molecule has 0 amide bonds. The topological polar surface area (TPSA) is 62.6 Å². The number of benzene rings is 1. The standard InChI is InChI=1S/C18H26N2O3.ClH/c1-3-17(19)20-11-9-16(10-12-20)23-15-7-5-14(6-8-15)13-18(21)22-4-2;/h5-8,16,19H,3-4,9-13H2,1-2H3;1H. The van der Waals surface area contributed by atoms with Crippen molar-refractivity contribution < 1.29 is 14.3 Å². The predicted octanol–water partition coefficient (Wildman–Crippen LogP) is 3.44. The number of hydrogen-bond donors (Lipinski definition) is 1. The Bertz CT molecular complexity index is 526. The van der Waals surface area contributed by atoms with Crippen molar-refractivity contribution in [1.29, 1.82) is 5.41 Å². The second kappa shape index (κ2) is 10.2. The van der Waals surface area contributed by atoms with Crippen LogP contribution in [0.2, 0.25) is 0 Å². The smallest absolute Gasteiger partial charge is 0.310 e. The van der Waals surface area contributed by atoms with Crippen LogP contribution in [0.4, 0.5) is 0 Å². The van der Waals surface area contributed by atoms with Crippen molar-refractivity contribution in [1.82, 2.24) is 4.90 Å². The number of rotatable bonds is 6. The van der Waals surface area contributed by atoms with Crippen LogP contribution in [0.15, 0.2) is 24.3 Å². The zero-order chi connectivity index (χ0) is 16.7. The molecule has 1 aliphatic rings. The molecule has 0 unspecified atom stereocenters. The van der Waals surface area contributed by atoms with E-state index in [1.807, 2.05) is 38.1 Å². The van der Waals surface area contributed by atoms with E-state index in [0.29, 0.717) is 18.9 Å². The van der Waals surface area contributed by atoms with Gasteiger partial charge >= 0.3 is 5.97 Å². The molecular weight excluding hydrogens is 328 g/mol. The van der Waals surface area contributed by atoms with E-state index in [-0.39, 0.29) is 24.5 Å². The molecule has 6 heteroatoms. The van der Waals surface area contributed by atoms with Gasteiger partial charge in [0.25, 0.3) is 0 Å². The lowest BCUT2D eigenvalue weighted by Gasteiger charge is -2.33. The van der Waals surface area contributed by atoms with Gasteiger partial charge in [-0.15, -0.1) is 12.4 Å². The lowest BCUT2D eigenvalue weighted by atomic mass is 10.1. The van der Waals surface area contributed by atoms with Crippen molar-refractivity contribution in [3.63, 3.8) is 0 Å². The molecule has 0 aliphatic carbocycles. The van der Waals surface area contributed by atoms with E-state index in [1.165, 1.54) is 0 Å². The summed E-state index contributed by atoms with van der Waals surface area (Å²) in [5, 5.41) is 7.88. The Hall–Kier alpha value is -1.75. The number of halogens is 1. The Morgan fingerprint density at radius 3 is 2.38 bits per heavy atom. The van der Waals surface area contributed by atoms with Crippen LogP contribution in [0, 0.1) is 5.41 Å². The van der Waals surface area contributed by atoms with Crippen molar-refractivity contribution in [2.24, 2.45) is 0 Å². The summed E-state index contributed by atoms with van der Waals surface area (Å²) < 4.78 is 11.0. The van der Waals surface area contributed by atoms with Crippen LogP contribution in [0.5, 0.6) is 5.75 Å². The maximum Gasteiger partial charge on any atom is 0.310 e. The van der Waals surface area contributed by atoms with E-state index in [4.69, 9.17) is 14.9 Å². The number of esters is 1. The normalized spacial score (nSPS) is 14.7. The fourth-order valence-corrected chi connectivity index (χ4v) is 2.72. The van der Waals surface area contributed by atoms with Crippen LogP contribution >= 0.6 is 12.4 Å². The summed E-state index contributed by atoms with van der Waals surface area (Å²) in [6.07, 6.45) is 3.16. The molecule has 1 aromatic rings. The Morgan fingerprint density at radius 2 is 1.83 bits per heavy atom. The quantitative estimate of drug-likeness (QED) is 0.483. The molecule has 0 atom stereocenters. The number of carbonyl (C=O) groups excluding carboxylic acids is 1. The molecule has 2 rings (SSSR count). The molecule has 134 valence electrons. The summed E-state index contributed by atoms with van der Waals surface area (Å²) in [6, 6.07) is 7.65. The van der Waals surface area contributed by atoms with Gasteiger partial charge in [-0.1, -0.05) is 19.1 Å². The van der Waals surface area contributed by atoms with Crippen molar-refractivity contribution in [2.45, 2.75) is 45.6 Å². The van der Waals surface area contributed by atoms with Gasteiger partial charge in [-0.25, -0.2) is 0 Å². The molecule has 0 bridgehead atoms. The zero-order valence-electron chi connectivity index (χ0n) is 14.4. The van der Waals surface area contributed by atoms with E-state index in [2.05, 4.69) is 4.90 Å². The van der Waals surface area contributed by atoms with Gasteiger partial charge in [0.1, 0.15) is 11.9 Å². The first-order chi connectivity index (χ1) is 11.1. The predicted molar refractivity (Wildman–Crippen MR) is 97.3 cm³/mol. The summed E-state index contributed by atoms with van der Waals surface area (Å²) in [6.45, 7) is 6.01. The first-order valence-corrected chi connectivity index (χ1v) is 8.36. The lowest BCUT2D eigenvalue weighted by Crippen LogP contribution is -2.41. The first-order valence-electron chi connectivity index (χ1n) is 8.36. The monoisotopic (exact) mass is 354 g/mol. The molecule has 1 N–H and O–H groups in total. The molecule has 0 aromatic heterocycles. The maximum atomic E-state index is 11.4. The second-order valence-electron chi connectivity index (χ2n) is 5.73. The molecule has 1 fully saturated rings. The third-order valence-electron chi connectivity index (χ3n) is 4.04. The molecule has 1 aliphatic heterocycles. The molecule has 0 radical (unpaired) electrons. The molecule has 1 saturated heterocycles. The minimum atomic E-state index is -0.202. The summed E-state index contributed by atoms with van der Waals surface area (Å²) in [4.78, 5) is 13.6. The van der Waals surface area contributed by atoms with Gasteiger partial charge in [-0.05, 0) is 24.6 Å². The van der Waals surface area contributed by atoms with Gasteiger partial charge in [0.05, 0.1) is 18.9 Å². The largest absolute Gasteiger partial charge is 0.490 e. The van der Waals surface area contributed by atoms with E-state index in [9.17, 15) is 4.79 Å². The Labute approximate surface area is 150 Å². The lowest BCUT2D eigenvalue weighted by molar-refractivity contribution is -0.142. The van der Waals surface area contributed by atoms with Gasteiger partial charge < -0.3 is 14.4 Å². The number of amidine groups is 1. The molecule has 24 heavy (non-hydrogen) atoms. The fourth-order valence-electron chi connectivity index (χ4n) is 2.72. The number of piperidine rings is 1.